The zero-order valence-corrected chi connectivity index (χ0v) is 11.6. The Kier molecular flexibility index (Phi) is 2.04. The summed E-state index contributed by atoms with van der Waals surface area (Å²) in [5.41, 5.74) is -1.60. The minimum Gasteiger partial charge on any atom is -0.474 e. The standard InChI is InChI=1S/C13H21BN2O4/c1-12(2)13(3,4)20-14(19-12)10-8-16-11(9-15-10)18-7-6-17-5/h8-9H,6-7H2,1-5H3/i5D3,6D2,7D2,8D,9D. The lowest BCUT2D eigenvalue weighted by Crippen LogP contribution is -2.41. The molecule has 1 fully saturated rings. The number of rotatable bonds is 5. The number of ether oxygens (including phenoxy) is 2. The highest BCUT2D eigenvalue weighted by molar-refractivity contribution is 6.61. The van der Waals surface area contributed by atoms with Crippen LogP contribution < -0.4 is 10.3 Å². The van der Waals surface area contributed by atoms with E-state index in [1.807, 2.05) is 0 Å². The first-order valence-electron chi connectivity index (χ1n) is 10.4. The summed E-state index contributed by atoms with van der Waals surface area (Å²) in [7, 11) is -4.34. The maximum Gasteiger partial charge on any atom is 0.516 e. The van der Waals surface area contributed by atoms with E-state index < -0.39 is 56.7 Å². The Morgan fingerprint density at radius 3 is 2.60 bits per heavy atom. The Bertz CT molecular complexity index is 772. The minimum atomic E-state index is -3.42. The van der Waals surface area contributed by atoms with Crippen LogP contribution in [-0.2, 0) is 14.0 Å². The van der Waals surface area contributed by atoms with Crippen molar-refractivity contribution in [2.75, 3.05) is 20.2 Å². The second-order valence-corrected chi connectivity index (χ2v) is 5.13. The summed E-state index contributed by atoms with van der Waals surface area (Å²) in [6, 6.07) is 0. The van der Waals surface area contributed by atoms with E-state index in [9.17, 15) is 0 Å². The predicted molar refractivity (Wildman–Crippen MR) is 75.1 cm³/mol. The summed E-state index contributed by atoms with van der Waals surface area (Å²) in [4.78, 5) is 7.47. The van der Waals surface area contributed by atoms with Gasteiger partial charge in [0.1, 0.15) is 6.56 Å². The topological polar surface area (TPSA) is 62.7 Å². The van der Waals surface area contributed by atoms with Crippen molar-refractivity contribution < 1.29 is 31.1 Å². The Hall–Kier alpha value is -1.18. The Balaban J connectivity index is 2.31. The molecule has 1 saturated heterocycles. The summed E-state index contributed by atoms with van der Waals surface area (Å²) >= 11 is 0. The maximum absolute atomic E-state index is 8.01. The second kappa shape index (κ2) is 5.67. The first kappa shape index (κ1) is 7.20. The molecule has 0 spiro atoms. The SMILES string of the molecule is [2H]c1nc(B2OC(C)(C)C(C)(C)O2)c([2H])nc1OC([2H])([2H])C([2H])([2H])OC([2H])([2H])[2H]. The number of nitrogens with zero attached hydrogens (tertiary/aromatic N) is 2. The average molecular weight is 289 g/mol. The third-order valence-corrected chi connectivity index (χ3v) is 3.26. The van der Waals surface area contributed by atoms with Crippen molar-refractivity contribution in [2.45, 2.75) is 38.9 Å². The van der Waals surface area contributed by atoms with Crippen molar-refractivity contribution in [1.29, 1.82) is 0 Å². The molecule has 0 aliphatic carbocycles. The van der Waals surface area contributed by atoms with Crippen LogP contribution in [0.15, 0.2) is 12.3 Å². The van der Waals surface area contributed by atoms with Crippen LogP contribution in [0.2, 0.25) is 0 Å². The molecule has 1 aliphatic heterocycles. The van der Waals surface area contributed by atoms with E-state index in [4.69, 9.17) is 26.4 Å². The molecule has 0 amide bonds. The number of hydrogen-bond donors (Lipinski definition) is 0. The highest BCUT2D eigenvalue weighted by atomic mass is 16.7. The van der Waals surface area contributed by atoms with E-state index in [1.165, 1.54) is 0 Å². The van der Waals surface area contributed by atoms with Crippen LogP contribution in [0.25, 0.3) is 0 Å². The summed E-state index contributed by atoms with van der Waals surface area (Å²) in [5.74, 6) is -0.821. The minimum absolute atomic E-state index is 0.136. The van der Waals surface area contributed by atoms with Gasteiger partial charge in [0.05, 0.1) is 41.9 Å². The van der Waals surface area contributed by atoms with Gasteiger partial charge in [-0.05, 0) is 27.7 Å². The van der Waals surface area contributed by atoms with Gasteiger partial charge in [0.2, 0.25) is 5.88 Å². The van der Waals surface area contributed by atoms with E-state index >= 15 is 0 Å². The highest BCUT2D eigenvalue weighted by Gasteiger charge is 2.52. The van der Waals surface area contributed by atoms with E-state index in [1.54, 1.807) is 27.7 Å². The van der Waals surface area contributed by atoms with Crippen LogP contribution in [0.5, 0.6) is 5.88 Å². The van der Waals surface area contributed by atoms with Gasteiger partial charge in [-0.2, -0.15) is 0 Å². The summed E-state index contributed by atoms with van der Waals surface area (Å²) < 4.78 is 87.4. The lowest BCUT2D eigenvalue weighted by molar-refractivity contribution is 0.00578. The van der Waals surface area contributed by atoms with Crippen molar-refractivity contribution in [3.8, 4) is 5.88 Å². The van der Waals surface area contributed by atoms with Gasteiger partial charge in [-0.1, -0.05) is 0 Å². The molecular formula is C13H21BN2O4. The Morgan fingerprint density at radius 1 is 1.25 bits per heavy atom. The van der Waals surface area contributed by atoms with Gasteiger partial charge < -0.3 is 18.8 Å². The van der Waals surface area contributed by atoms with Gasteiger partial charge in [0.25, 0.3) is 0 Å². The molecule has 0 aromatic carbocycles. The third-order valence-electron chi connectivity index (χ3n) is 3.26. The lowest BCUT2D eigenvalue weighted by Gasteiger charge is -2.32. The molecule has 6 nitrogen and oxygen atoms in total. The van der Waals surface area contributed by atoms with Crippen LogP contribution in [0.1, 0.15) is 40.0 Å². The molecule has 1 aromatic heterocycles. The summed E-state index contributed by atoms with van der Waals surface area (Å²) in [5, 5.41) is 0. The van der Waals surface area contributed by atoms with E-state index in [2.05, 4.69) is 14.7 Å². The molecule has 0 saturated carbocycles. The van der Waals surface area contributed by atoms with Crippen LogP contribution in [0.4, 0.5) is 0 Å². The van der Waals surface area contributed by atoms with E-state index in [0.29, 0.717) is 0 Å². The molecule has 1 aromatic rings. The number of methoxy groups -OCH3 is 1. The van der Waals surface area contributed by atoms with Gasteiger partial charge >= 0.3 is 7.12 Å². The molecule has 7 heteroatoms. The predicted octanol–water partition coefficient (Wildman–Crippen LogP) is 0.801. The van der Waals surface area contributed by atoms with E-state index in [0.717, 1.165) is 0 Å². The van der Waals surface area contributed by atoms with Crippen molar-refractivity contribution in [3.63, 3.8) is 0 Å². The number of hydrogen-bond acceptors (Lipinski definition) is 6. The summed E-state index contributed by atoms with van der Waals surface area (Å²) in [6.07, 6.45) is -1.26. The van der Waals surface area contributed by atoms with Crippen LogP contribution in [0, 0.1) is 0 Å². The molecule has 1 aliphatic rings. The molecule has 2 heterocycles. The van der Waals surface area contributed by atoms with Crippen molar-refractivity contribution in [2.24, 2.45) is 0 Å². The second-order valence-electron chi connectivity index (χ2n) is 5.13. The van der Waals surface area contributed by atoms with Gasteiger partial charge in [0, 0.05) is 13.2 Å². The molecule has 0 radical (unpaired) electrons. The van der Waals surface area contributed by atoms with Gasteiger partial charge in [-0.3, -0.25) is 4.98 Å². The molecule has 20 heavy (non-hydrogen) atoms. The van der Waals surface area contributed by atoms with E-state index in [-0.39, 0.29) is 5.59 Å². The van der Waals surface area contributed by atoms with Crippen molar-refractivity contribution >= 4 is 12.7 Å². The first-order valence-corrected chi connectivity index (χ1v) is 5.88. The quantitative estimate of drug-likeness (QED) is 0.747. The smallest absolute Gasteiger partial charge is 0.474 e. The molecule has 0 atom stereocenters. The fourth-order valence-corrected chi connectivity index (χ4v) is 1.46. The largest absolute Gasteiger partial charge is 0.516 e. The fraction of sp³-hybridized carbons (Fsp3) is 0.692. The average Bonchev–Trinajstić information content (AvgIpc) is 2.67. The van der Waals surface area contributed by atoms with Gasteiger partial charge in [-0.15, -0.1) is 0 Å². The fourth-order valence-electron chi connectivity index (χ4n) is 1.46. The number of aromatic nitrogens is 2. The molecule has 0 unspecified atom stereocenters. The summed E-state index contributed by atoms with van der Waals surface area (Å²) in [6.45, 7) is 0.355. The molecule has 110 valence electrons. The monoisotopic (exact) mass is 289 g/mol. The van der Waals surface area contributed by atoms with Crippen LogP contribution in [-0.4, -0.2) is 48.4 Å². The molecule has 0 bridgehead atoms. The van der Waals surface area contributed by atoms with Gasteiger partial charge in [-0.25, -0.2) is 4.98 Å². The Morgan fingerprint density at radius 2 is 1.95 bits per heavy atom. The van der Waals surface area contributed by atoms with Crippen molar-refractivity contribution in [1.82, 2.24) is 9.97 Å². The molecule has 0 N–H and O–H groups in total. The third kappa shape index (κ3) is 3.11. The maximum atomic E-state index is 8.01. The normalized spacial score (nSPS) is 28.8. The molecule has 2 rings (SSSR count). The molecular weight excluding hydrogens is 259 g/mol. The van der Waals surface area contributed by atoms with Crippen molar-refractivity contribution in [3.05, 3.63) is 12.3 Å². The lowest BCUT2D eigenvalue weighted by atomic mass is 9.85. The highest BCUT2D eigenvalue weighted by Crippen LogP contribution is 2.36. The first-order chi connectivity index (χ1) is 12.8. The van der Waals surface area contributed by atoms with Crippen LogP contribution in [0.3, 0.4) is 0 Å². The Labute approximate surface area is 132 Å². The zero-order chi connectivity index (χ0) is 22.6. The van der Waals surface area contributed by atoms with Crippen LogP contribution >= 0.6 is 0 Å². The van der Waals surface area contributed by atoms with Gasteiger partial charge in [0.15, 0.2) is 0 Å². The zero-order valence-electron chi connectivity index (χ0n) is 20.6.